The number of rotatable bonds is 5. The molecule has 3 aromatic rings. The van der Waals surface area contributed by atoms with E-state index < -0.39 is 0 Å². The number of anilines is 1. The highest BCUT2D eigenvalue weighted by Crippen LogP contribution is 2.30. The predicted molar refractivity (Wildman–Crippen MR) is 115 cm³/mol. The monoisotopic (exact) mass is 406 g/mol. The third-order valence-corrected chi connectivity index (χ3v) is 5.79. The van der Waals surface area contributed by atoms with Crippen LogP contribution in [0.1, 0.15) is 22.5 Å². The molecule has 4 rings (SSSR count). The van der Waals surface area contributed by atoms with Crippen LogP contribution in [0.5, 0.6) is 11.5 Å². The van der Waals surface area contributed by atoms with Crippen LogP contribution in [-0.4, -0.2) is 29.8 Å². The molecule has 1 saturated heterocycles. The molecule has 2 heterocycles. The van der Waals surface area contributed by atoms with Gasteiger partial charge in [-0.2, -0.15) is 0 Å². The standard InChI is InChI=1S/C23H22N2O3S/c26-22(17-8-6-14-25(16-17)23(27)21-13-7-15-29-21)24-19-11-4-5-12-20(19)28-18-9-2-1-3-10-18/h1-5,7,9-13,15,17H,6,8,14,16H2,(H,24,26)/t17-/m1/s1. The van der Waals surface area contributed by atoms with Crippen LogP contribution in [0.25, 0.3) is 0 Å². The van der Waals surface area contributed by atoms with E-state index >= 15 is 0 Å². The minimum absolute atomic E-state index is 0.00492. The number of benzene rings is 2. The summed E-state index contributed by atoms with van der Waals surface area (Å²) < 4.78 is 5.93. The molecule has 0 unspecified atom stereocenters. The summed E-state index contributed by atoms with van der Waals surface area (Å²) in [5.41, 5.74) is 0.628. The first-order valence-electron chi connectivity index (χ1n) is 9.66. The molecule has 0 saturated carbocycles. The van der Waals surface area contributed by atoms with E-state index in [0.29, 0.717) is 35.2 Å². The van der Waals surface area contributed by atoms with Crippen molar-refractivity contribution in [2.75, 3.05) is 18.4 Å². The lowest BCUT2D eigenvalue weighted by Gasteiger charge is -2.31. The summed E-state index contributed by atoms with van der Waals surface area (Å²) in [7, 11) is 0. The van der Waals surface area contributed by atoms with E-state index in [9.17, 15) is 9.59 Å². The zero-order chi connectivity index (χ0) is 20.1. The molecule has 1 fully saturated rings. The SMILES string of the molecule is O=C(Nc1ccccc1Oc1ccccc1)[C@@H]1CCCN(C(=O)c2cccs2)C1. The van der Waals surface area contributed by atoms with Crippen molar-refractivity contribution >= 4 is 28.8 Å². The van der Waals surface area contributed by atoms with E-state index in [-0.39, 0.29) is 17.7 Å². The number of carbonyl (C=O) groups excluding carboxylic acids is 2. The smallest absolute Gasteiger partial charge is 0.263 e. The van der Waals surface area contributed by atoms with Crippen LogP contribution < -0.4 is 10.1 Å². The quantitative estimate of drug-likeness (QED) is 0.646. The Balaban J connectivity index is 1.43. The van der Waals surface area contributed by atoms with Gasteiger partial charge in [-0.1, -0.05) is 36.4 Å². The largest absolute Gasteiger partial charge is 0.455 e. The van der Waals surface area contributed by atoms with E-state index in [1.165, 1.54) is 11.3 Å². The Morgan fingerprint density at radius 1 is 1.00 bits per heavy atom. The molecule has 0 radical (unpaired) electrons. The van der Waals surface area contributed by atoms with E-state index in [1.54, 1.807) is 4.90 Å². The fourth-order valence-electron chi connectivity index (χ4n) is 3.44. The van der Waals surface area contributed by atoms with Gasteiger partial charge in [-0.05, 0) is 48.6 Å². The van der Waals surface area contributed by atoms with Gasteiger partial charge in [-0.3, -0.25) is 9.59 Å². The van der Waals surface area contributed by atoms with Crippen molar-refractivity contribution in [3.8, 4) is 11.5 Å². The zero-order valence-corrected chi connectivity index (χ0v) is 16.7. The number of thiophene rings is 1. The highest BCUT2D eigenvalue weighted by Gasteiger charge is 2.29. The first-order valence-corrected chi connectivity index (χ1v) is 10.5. The second kappa shape index (κ2) is 8.92. The maximum absolute atomic E-state index is 12.9. The van der Waals surface area contributed by atoms with Crippen LogP contribution in [0.3, 0.4) is 0 Å². The Morgan fingerprint density at radius 3 is 2.59 bits per heavy atom. The molecule has 1 aliphatic heterocycles. The minimum Gasteiger partial charge on any atom is -0.455 e. The molecule has 1 atom stereocenters. The van der Waals surface area contributed by atoms with Crippen LogP contribution in [0, 0.1) is 5.92 Å². The number of carbonyl (C=O) groups is 2. The fourth-order valence-corrected chi connectivity index (χ4v) is 4.13. The van der Waals surface area contributed by atoms with Gasteiger partial charge in [0.25, 0.3) is 5.91 Å². The van der Waals surface area contributed by atoms with Crippen molar-refractivity contribution in [3.63, 3.8) is 0 Å². The predicted octanol–water partition coefficient (Wildman–Crippen LogP) is 5.03. The summed E-state index contributed by atoms with van der Waals surface area (Å²) in [6.45, 7) is 1.12. The Labute approximate surface area is 173 Å². The summed E-state index contributed by atoms with van der Waals surface area (Å²) >= 11 is 1.43. The number of para-hydroxylation sites is 3. The maximum atomic E-state index is 12.9. The molecule has 29 heavy (non-hydrogen) atoms. The number of hydrogen-bond donors (Lipinski definition) is 1. The summed E-state index contributed by atoms with van der Waals surface area (Å²) in [5.74, 6) is 0.981. The summed E-state index contributed by atoms with van der Waals surface area (Å²) in [5, 5.41) is 4.89. The first kappa shape index (κ1) is 19.2. The minimum atomic E-state index is -0.238. The van der Waals surface area contributed by atoms with Crippen LogP contribution in [0.2, 0.25) is 0 Å². The second-order valence-electron chi connectivity index (χ2n) is 6.97. The number of ether oxygens (including phenoxy) is 1. The van der Waals surface area contributed by atoms with Crippen molar-refractivity contribution in [1.29, 1.82) is 0 Å². The van der Waals surface area contributed by atoms with Gasteiger partial charge in [0, 0.05) is 13.1 Å². The maximum Gasteiger partial charge on any atom is 0.263 e. The molecule has 1 aliphatic rings. The molecule has 6 heteroatoms. The Bertz CT molecular complexity index is 973. The number of nitrogens with zero attached hydrogens (tertiary/aromatic N) is 1. The average molecular weight is 407 g/mol. The van der Waals surface area contributed by atoms with Gasteiger partial charge in [0.15, 0.2) is 5.75 Å². The van der Waals surface area contributed by atoms with Crippen LogP contribution in [0.15, 0.2) is 72.1 Å². The average Bonchev–Trinajstić information content (AvgIpc) is 3.30. The molecule has 148 valence electrons. The van der Waals surface area contributed by atoms with E-state index in [2.05, 4.69) is 5.32 Å². The lowest BCUT2D eigenvalue weighted by atomic mass is 9.96. The van der Waals surface area contributed by atoms with Crippen LogP contribution in [-0.2, 0) is 4.79 Å². The zero-order valence-electron chi connectivity index (χ0n) is 15.9. The van der Waals surface area contributed by atoms with Crippen molar-refractivity contribution in [2.45, 2.75) is 12.8 Å². The molecule has 0 aliphatic carbocycles. The van der Waals surface area contributed by atoms with Crippen LogP contribution in [0.4, 0.5) is 5.69 Å². The van der Waals surface area contributed by atoms with Gasteiger partial charge in [0.2, 0.25) is 5.91 Å². The summed E-state index contributed by atoms with van der Waals surface area (Å²) in [6.07, 6.45) is 1.58. The Hall–Kier alpha value is -3.12. The molecule has 2 amide bonds. The highest BCUT2D eigenvalue weighted by molar-refractivity contribution is 7.12. The molecule has 0 spiro atoms. The topological polar surface area (TPSA) is 58.6 Å². The number of piperidine rings is 1. The second-order valence-corrected chi connectivity index (χ2v) is 7.92. The van der Waals surface area contributed by atoms with E-state index in [0.717, 1.165) is 12.8 Å². The number of likely N-dealkylation sites (tertiary alicyclic amines) is 1. The lowest BCUT2D eigenvalue weighted by Crippen LogP contribution is -2.43. The fraction of sp³-hybridized carbons (Fsp3) is 0.217. The first-order chi connectivity index (χ1) is 14.2. The molecule has 5 nitrogen and oxygen atoms in total. The van der Waals surface area contributed by atoms with E-state index in [4.69, 9.17) is 4.74 Å². The number of nitrogens with one attached hydrogen (secondary N) is 1. The van der Waals surface area contributed by atoms with Crippen LogP contribution >= 0.6 is 11.3 Å². The Morgan fingerprint density at radius 2 is 1.79 bits per heavy atom. The number of hydrogen-bond acceptors (Lipinski definition) is 4. The van der Waals surface area contributed by atoms with Gasteiger partial charge in [0.05, 0.1) is 16.5 Å². The van der Waals surface area contributed by atoms with Gasteiger partial charge < -0.3 is 15.0 Å². The van der Waals surface area contributed by atoms with Gasteiger partial charge in [-0.25, -0.2) is 0 Å². The van der Waals surface area contributed by atoms with Crippen molar-refractivity contribution in [3.05, 3.63) is 77.0 Å². The van der Waals surface area contributed by atoms with Gasteiger partial charge in [0.1, 0.15) is 5.75 Å². The normalized spacial score (nSPS) is 16.3. The molecule has 2 aromatic carbocycles. The summed E-state index contributed by atoms with van der Waals surface area (Å²) in [4.78, 5) is 28.1. The third-order valence-electron chi connectivity index (χ3n) is 4.93. The van der Waals surface area contributed by atoms with Crippen molar-refractivity contribution < 1.29 is 14.3 Å². The van der Waals surface area contributed by atoms with E-state index in [1.807, 2.05) is 72.1 Å². The molecular weight excluding hydrogens is 384 g/mol. The van der Waals surface area contributed by atoms with Crippen molar-refractivity contribution in [1.82, 2.24) is 4.90 Å². The number of amides is 2. The molecular formula is C23H22N2O3S. The molecule has 1 aromatic heterocycles. The Kier molecular flexibility index (Phi) is 5.91. The lowest BCUT2D eigenvalue weighted by molar-refractivity contribution is -0.121. The van der Waals surface area contributed by atoms with Gasteiger partial charge in [-0.15, -0.1) is 11.3 Å². The summed E-state index contributed by atoms with van der Waals surface area (Å²) in [6, 6.07) is 20.5. The molecule has 0 bridgehead atoms. The van der Waals surface area contributed by atoms with Gasteiger partial charge >= 0.3 is 0 Å². The highest BCUT2D eigenvalue weighted by atomic mass is 32.1. The van der Waals surface area contributed by atoms with Crippen molar-refractivity contribution in [2.24, 2.45) is 5.92 Å². The third kappa shape index (κ3) is 4.66. The molecule has 1 N–H and O–H groups in total.